The van der Waals surface area contributed by atoms with Crippen molar-refractivity contribution in [3.8, 4) is 17.2 Å². The molecule has 1 saturated heterocycles. The van der Waals surface area contributed by atoms with Gasteiger partial charge in [-0.3, -0.25) is 14.4 Å². The molecule has 2 amide bonds. The Morgan fingerprint density at radius 1 is 0.919 bits per heavy atom. The van der Waals surface area contributed by atoms with Crippen LogP contribution in [0.4, 0.5) is 0 Å². The minimum Gasteiger partial charge on any atom is -0.502 e. The molecule has 190 valence electrons. The first-order valence-electron chi connectivity index (χ1n) is 12.1. The van der Waals surface area contributed by atoms with Crippen molar-refractivity contribution < 1.29 is 29.0 Å². The van der Waals surface area contributed by atoms with Crippen LogP contribution in [0.15, 0.2) is 66.7 Å². The third-order valence-electron chi connectivity index (χ3n) is 7.33. The molecule has 0 aliphatic carbocycles. The number of hydrogen-bond donors (Lipinski definition) is 1. The molecule has 0 saturated carbocycles. The summed E-state index contributed by atoms with van der Waals surface area (Å²) in [6.45, 7) is 1.70. The highest BCUT2D eigenvalue weighted by Gasteiger charge is 2.48. The lowest BCUT2D eigenvalue weighted by atomic mass is 9.76. The average molecular weight is 501 g/mol. The fourth-order valence-corrected chi connectivity index (χ4v) is 5.55. The highest BCUT2D eigenvalue weighted by molar-refractivity contribution is 6.03. The number of Topliss-reactive ketones (excluding diaryl/α,β-unsaturated/α-hetero) is 1. The average Bonchev–Trinajstić information content (AvgIpc) is 2.93. The predicted molar refractivity (Wildman–Crippen MR) is 136 cm³/mol. The van der Waals surface area contributed by atoms with Crippen LogP contribution in [0, 0.1) is 0 Å². The highest BCUT2D eigenvalue weighted by atomic mass is 16.5. The van der Waals surface area contributed by atoms with Crippen molar-refractivity contribution in [2.24, 2.45) is 0 Å². The van der Waals surface area contributed by atoms with Gasteiger partial charge in [-0.1, -0.05) is 48.5 Å². The van der Waals surface area contributed by atoms with Gasteiger partial charge in [0.25, 0.3) is 5.91 Å². The Kier molecular flexibility index (Phi) is 6.33. The van der Waals surface area contributed by atoms with Crippen molar-refractivity contribution in [3.05, 3.63) is 89.0 Å². The standard InChI is InChI=1S/C29H28N2O6/c1-17(32)30-15-22-26(19-13-24(36-2)28(34)25(14-19)37-3)20-11-7-8-12-21(20)29(35)31(22)16-23(30)27(33)18-9-5-4-6-10-18/h4-14,22-23,26,34H,15-16H2,1-3H3/t22-,23-,26+/m1/s1. The predicted octanol–water partition coefficient (Wildman–Crippen LogP) is 3.48. The van der Waals surface area contributed by atoms with Crippen molar-refractivity contribution >= 4 is 17.6 Å². The fraction of sp³-hybridized carbons (Fsp3) is 0.276. The zero-order valence-corrected chi connectivity index (χ0v) is 20.9. The van der Waals surface area contributed by atoms with E-state index in [1.54, 1.807) is 52.3 Å². The Morgan fingerprint density at radius 2 is 1.54 bits per heavy atom. The third kappa shape index (κ3) is 4.08. The van der Waals surface area contributed by atoms with Gasteiger partial charge in [-0.2, -0.15) is 0 Å². The summed E-state index contributed by atoms with van der Waals surface area (Å²) in [6, 6.07) is 18.4. The van der Waals surface area contributed by atoms with Crippen LogP contribution in [0.2, 0.25) is 0 Å². The van der Waals surface area contributed by atoms with Crippen molar-refractivity contribution in [1.29, 1.82) is 0 Å². The maximum atomic E-state index is 13.7. The lowest BCUT2D eigenvalue weighted by Crippen LogP contribution is -2.66. The zero-order valence-electron chi connectivity index (χ0n) is 20.9. The normalized spacial score (nSPS) is 20.6. The van der Waals surface area contributed by atoms with Gasteiger partial charge in [0.15, 0.2) is 17.3 Å². The van der Waals surface area contributed by atoms with Crippen molar-refractivity contribution in [2.75, 3.05) is 27.3 Å². The molecule has 3 atom stereocenters. The minimum atomic E-state index is -0.796. The molecular weight excluding hydrogens is 472 g/mol. The summed E-state index contributed by atoms with van der Waals surface area (Å²) in [5.74, 6) is -0.604. The van der Waals surface area contributed by atoms with Crippen LogP contribution in [0.3, 0.4) is 0 Å². The number of carbonyl (C=O) groups excluding carboxylic acids is 3. The SMILES string of the molecule is COc1cc([C@H]2c3ccccc3C(=O)N3C[C@H](C(=O)c4ccccc4)N(C(C)=O)C[C@H]23)cc(OC)c1O. The van der Waals surface area contributed by atoms with Crippen LogP contribution >= 0.6 is 0 Å². The molecule has 0 radical (unpaired) electrons. The Bertz CT molecular complexity index is 1350. The van der Waals surface area contributed by atoms with Gasteiger partial charge in [0, 0.05) is 37.1 Å². The second-order valence-corrected chi connectivity index (χ2v) is 9.28. The summed E-state index contributed by atoms with van der Waals surface area (Å²) in [5.41, 5.74) is 2.60. The minimum absolute atomic E-state index is 0.0774. The molecule has 2 heterocycles. The summed E-state index contributed by atoms with van der Waals surface area (Å²) in [7, 11) is 2.92. The number of hydrogen-bond acceptors (Lipinski definition) is 6. The molecule has 0 bridgehead atoms. The van der Waals surface area contributed by atoms with Crippen molar-refractivity contribution in [1.82, 2.24) is 9.80 Å². The molecule has 5 rings (SSSR count). The number of amides is 2. The quantitative estimate of drug-likeness (QED) is 0.539. The maximum absolute atomic E-state index is 13.7. The van der Waals surface area contributed by atoms with E-state index in [0.29, 0.717) is 11.1 Å². The largest absolute Gasteiger partial charge is 0.502 e. The van der Waals surface area contributed by atoms with Crippen LogP contribution in [0.1, 0.15) is 44.7 Å². The Morgan fingerprint density at radius 3 is 2.16 bits per heavy atom. The summed E-state index contributed by atoms with van der Waals surface area (Å²) in [6.07, 6.45) is 0. The number of rotatable bonds is 5. The van der Waals surface area contributed by atoms with E-state index in [2.05, 4.69) is 0 Å². The van der Waals surface area contributed by atoms with Crippen LogP contribution in [0.25, 0.3) is 0 Å². The smallest absolute Gasteiger partial charge is 0.254 e. The number of benzene rings is 3. The molecule has 1 N–H and O–H groups in total. The number of ketones is 1. The van der Waals surface area contributed by atoms with Gasteiger partial charge in [-0.15, -0.1) is 0 Å². The Labute approximate surface area is 215 Å². The van der Waals surface area contributed by atoms with E-state index in [9.17, 15) is 19.5 Å². The Balaban J connectivity index is 1.64. The number of fused-ring (bicyclic) bond motifs is 2. The van der Waals surface area contributed by atoms with Crippen LogP contribution in [0.5, 0.6) is 17.2 Å². The summed E-state index contributed by atoms with van der Waals surface area (Å²) in [5, 5.41) is 10.5. The summed E-state index contributed by atoms with van der Waals surface area (Å²) >= 11 is 0. The first-order chi connectivity index (χ1) is 17.8. The number of phenols is 1. The number of piperazine rings is 1. The van der Waals surface area contributed by atoms with Crippen LogP contribution < -0.4 is 9.47 Å². The lowest BCUT2D eigenvalue weighted by molar-refractivity contribution is -0.133. The molecule has 2 aliphatic rings. The van der Waals surface area contributed by atoms with Gasteiger partial charge in [0.1, 0.15) is 6.04 Å². The van der Waals surface area contributed by atoms with E-state index in [0.717, 1.165) is 11.1 Å². The summed E-state index contributed by atoms with van der Waals surface area (Å²) in [4.78, 5) is 43.3. The molecule has 2 aliphatic heterocycles. The van der Waals surface area contributed by atoms with Crippen LogP contribution in [-0.2, 0) is 4.79 Å². The summed E-state index contributed by atoms with van der Waals surface area (Å²) < 4.78 is 10.8. The van der Waals surface area contributed by atoms with E-state index in [1.807, 2.05) is 24.3 Å². The first kappa shape index (κ1) is 24.4. The second-order valence-electron chi connectivity index (χ2n) is 9.28. The zero-order chi connectivity index (χ0) is 26.3. The van der Waals surface area contributed by atoms with Gasteiger partial charge in [0.05, 0.1) is 20.3 Å². The molecule has 0 unspecified atom stereocenters. The monoisotopic (exact) mass is 500 g/mol. The van der Waals surface area contributed by atoms with Gasteiger partial charge in [0.2, 0.25) is 11.7 Å². The molecule has 0 aromatic heterocycles. The van der Waals surface area contributed by atoms with Gasteiger partial charge in [-0.05, 0) is 29.3 Å². The number of ether oxygens (including phenoxy) is 2. The number of aromatic hydroxyl groups is 1. The molecule has 3 aromatic carbocycles. The lowest BCUT2D eigenvalue weighted by Gasteiger charge is -2.51. The molecule has 1 fully saturated rings. The van der Waals surface area contributed by atoms with Gasteiger partial charge >= 0.3 is 0 Å². The number of nitrogens with zero attached hydrogens (tertiary/aromatic N) is 2. The number of methoxy groups -OCH3 is 2. The van der Waals surface area contributed by atoms with Crippen molar-refractivity contribution in [2.45, 2.75) is 24.9 Å². The molecular formula is C29H28N2O6. The third-order valence-corrected chi connectivity index (χ3v) is 7.33. The topological polar surface area (TPSA) is 96.4 Å². The first-order valence-corrected chi connectivity index (χ1v) is 12.1. The van der Waals surface area contributed by atoms with Gasteiger partial charge in [-0.25, -0.2) is 0 Å². The molecule has 8 nitrogen and oxygen atoms in total. The van der Waals surface area contributed by atoms with E-state index < -0.39 is 12.1 Å². The van der Waals surface area contributed by atoms with E-state index >= 15 is 0 Å². The van der Waals surface area contributed by atoms with E-state index in [1.165, 1.54) is 21.1 Å². The van der Waals surface area contributed by atoms with E-state index in [4.69, 9.17) is 9.47 Å². The van der Waals surface area contributed by atoms with E-state index in [-0.39, 0.29) is 53.9 Å². The van der Waals surface area contributed by atoms with Gasteiger partial charge < -0.3 is 24.4 Å². The maximum Gasteiger partial charge on any atom is 0.254 e. The molecule has 3 aromatic rings. The fourth-order valence-electron chi connectivity index (χ4n) is 5.55. The Hall–Kier alpha value is -4.33. The highest BCUT2D eigenvalue weighted by Crippen LogP contribution is 2.45. The second kappa shape index (κ2) is 9.61. The number of phenolic OH excluding ortho intramolecular Hbond substituents is 1. The molecule has 8 heteroatoms. The van der Waals surface area contributed by atoms with Crippen LogP contribution in [-0.4, -0.2) is 71.9 Å². The number of carbonyl (C=O) groups is 3. The molecule has 0 spiro atoms. The molecule has 37 heavy (non-hydrogen) atoms. The van der Waals surface area contributed by atoms with Crippen molar-refractivity contribution in [3.63, 3.8) is 0 Å².